The number of anilines is 2. The Morgan fingerprint density at radius 1 is 1.21 bits per heavy atom. The van der Waals surface area contributed by atoms with Gasteiger partial charge in [0.05, 0.1) is 12.1 Å². The van der Waals surface area contributed by atoms with Crippen LogP contribution in [0.5, 0.6) is 11.5 Å². The minimum atomic E-state index is -0.151. The quantitative estimate of drug-likeness (QED) is 0.651. The van der Waals surface area contributed by atoms with E-state index in [4.69, 9.17) is 4.74 Å². The molecule has 1 aliphatic heterocycles. The third kappa shape index (κ3) is 4.81. The van der Waals surface area contributed by atoms with Gasteiger partial charge in [0.25, 0.3) is 0 Å². The molecule has 0 saturated carbocycles. The highest BCUT2D eigenvalue weighted by molar-refractivity contribution is 7.14. The van der Waals surface area contributed by atoms with Gasteiger partial charge in [0.1, 0.15) is 11.5 Å². The number of rotatable bonds is 6. The number of aryl methyl sites for hydroxylation is 1. The summed E-state index contributed by atoms with van der Waals surface area (Å²) in [5.74, 6) is 1.43. The summed E-state index contributed by atoms with van der Waals surface area (Å²) in [6, 6.07) is 15.1. The van der Waals surface area contributed by atoms with E-state index in [0.29, 0.717) is 35.2 Å². The number of benzene rings is 2. The van der Waals surface area contributed by atoms with Crippen LogP contribution in [0, 0.1) is 6.92 Å². The van der Waals surface area contributed by atoms with Gasteiger partial charge in [-0.15, -0.1) is 11.3 Å². The number of hydrogen-bond acceptors (Lipinski definition) is 5. The van der Waals surface area contributed by atoms with Gasteiger partial charge in [0.15, 0.2) is 5.13 Å². The molecule has 0 atom stereocenters. The summed E-state index contributed by atoms with van der Waals surface area (Å²) in [4.78, 5) is 30.3. The molecule has 2 heterocycles. The van der Waals surface area contributed by atoms with E-state index in [0.717, 1.165) is 17.7 Å². The van der Waals surface area contributed by atoms with E-state index in [1.165, 1.54) is 11.3 Å². The average Bonchev–Trinajstić information content (AvgIpc) is 3.32. The minimum Gasteiger partial charge on any atom is -0.457 e. The van der Waals surface area contributed by atoms with Crippen LogP contribution < -0.4 is 15.0 Å². The molecule has 0 spiro atoms. The lowest BCUT2D eigenvalue weighted by Crippen LogP contribution is -2.23. The number of amides is 2. The van der Waals surface area contributed by atoms with E-state index in [9.17, 15) is 9.59 Å². The highest BCUT2D eigenvalue weighted by atomic mass is 32.1. The highest BCUT2D eigenvalue weighted by Gasteiger charge is 2.24. The monoisotopic (exact) mass is 407 g/mol. The molecule has 1 aliphatic rings. The van der Waals surface area contributed by atoms with Crippen LogP contribution in [-0.4, -0.2) is 23.3 Å². The molecule has 1 aromatic heterocycles. The first-order valence-electron chi connectivity index (χ1n) is 9.46. The zero-order chi connectivity index (χ0) is 20.2. The van der Waals surface area contributed by atoms with Crippen LogP contribution in [0.2, 0.25) is 0 Å². The summed E-state index contributed by atoms with van der Waals surface area (Å²) in [5, 5.41) is 5.37. The Labute approximate surface area is 173 Å². The Morgan fingerprint density at radius 2 is 2.03 bits per heavy atom. The van der Waals surface area contributed by atoms with Gasteiger partial charge < -0.3 is 10.1 Å². The van der Waals surface area contributed by atoms with Crippen molar-refractivity contribution < 1.29 is 14.3 Å². The van der Waals surface area contributed by atoms with Crippen LogP contribution in [0.3, 0.4) is 0 Å². The first-order chi connectivity index (χ1) is 14.1. The molecule has 0 bridgehead atoms. The Kier molecular flexibility index (Phi) is 5.57. The molecule has 2 amide bonds. The molecule has 6 nitrogen and oxygen atoms in total. The van der Waals surface area contributed by atoms with Crippen molar-refractivity contribution in [3.63, 3.8) is 0 Å². The van der Waals surface area contributed by atoms with Crippen molar-refractivity contribution in [2.75, 3.05) is 16.8 Å². The molecule has 2 aromatic carbocycles. The van der Waals surface area contributed by atoms with Gasteiger partial charge in [0.2, 0.25) is 11.8 Å². The maximum atomic E-state index is 12.3. The molecule has 29 heavy (non-hydrogen) atoms. The Bertz CT molecular complexity index is 1030. The summed E-state index contributed by atoms with van der Waals surface area (Å²) in [5.41, 5.74) is 2.49. The lowest BCUT2D eigenvalue weighted by molar-refractivity contribution is -0.117. The Balaban J connectivity index is 1.33. The SMILES string of the molecule is Cc1cccc(Oc2ccc(NC(=O)Cc3csc(N4CCCC4=O)n3)cc2)c1. The number of ether oxygens (including phenoxy) is 1. The molecule has 148 valence electrons. The molecular weight excluding hydrogens is 386 g/mol. The first kappa shape index (κ1) is 19.1. The number of carbonyl (C=O) groups is 2. The second-order valence-electron chi connectivity index (χ2n) is 6.94. The van der Waals surface area contributed by atoms with Crippen LogP contribution in [0.4, 0.5) is 10.8 Å². The summed E-state index contributed by atoms with van der Waals surface area (Å²) in [6.45, 7) is 2.72. The molecule has 1 fully saturated rings. The van der Waals surface area contributed by atoms with E-state index >= 15 is 0 Å². The van der Waals surface area contributed by atoms with Crippen LogP contribution in [0.15, 0.2) is 53.9 Å². The topological polar surface area (TPSA) is 71.5 Å². The van der Waals surface area contributed by atoms with Gasteiger partial charge in [-0.25, -0.2) is 4.98 Å². The van der Waals surface area contributed by atoms with Gasteiger partial charge in [-0.1, -0.05) is 12.1 Å². The Hall–Kier alpha value is -3.19. The number of carbonyl (C=O) groups excluding carboxylic acids is 2. The maximum absolute atomic E-state index is 12.3. The zero-order valence-corrected chi connectivity index (χ0v) is 16.9. The summed E-state index contributed by atoms with van der Waals surface area (Å²) < 4.78 is 5.82. The fraction of sp³-hybridized carbons (Fsp3) is 0.227. The summed E-state index contributed by atoms with van der Waals surface area (Å²) >= 11 is 1.40. The van der Waals surface area contributed by atoms with Crippen LogP contribution in [-0.2, 0) is 16.0 Å². The molecule has 7 heteroatoms. The molecular formula is C22H21N3O3S. The van der Waals surface area contributed by atoms with Gasteiger partial charge in [-0.2, -0.15) is 0 Å². The van der Waals surface area contributed by atoms with E-state index in [1.807, 2.05) is 48.7 Å². The second-order valence-corrected chi connectivity index (χ2v) is 7.77. The fourth-order valence-corrected chi connectivity index (χ4v) is 4.01. The normalized spacial score (nSPS) is 13.6. The third-order valence-corrected chi connectivity index (χ3v) is 5.46. The summed E-state index contributed by atoms with van der Waals surface area (Å²) in [6.07, 6.45) is 1.59. The number of hydrogen-bond donors (Lipinski definition) is 1. The second kappa shape index (κ2) is 8.45. The van der Waals surface area contributed by atoms with E-state index < -0.39 is 0 Å². The average molecular weight is 407 g/mol. The van der Waals surface area contributed by atoms with Crippen molar-refractivity contribution in [1.82, 2.24) is 4.98 Å². The van der Waals surface area contributed by atoms with E-state index in [-0.39, 0.29) is 18.2 Å². The highest BCUT2D eigenvalue weighted by Crippen LogP contribution is 2.26. The first-order valence-corrected chi connectivity index (χ1v) is 10.3. The fourth-order valence-electron chi connectivity index (χ4n) is 3.14. The standard InChI is InChI=1S/C22H21N3O3S/c1-15-4-2-5-19(12-15)28-18-9-7-16(8-10-18)23-20(26)13-17-14-29-22(24-17)25-11-3-6-21(25)27/h2,4-5,7-10,12,14H,3,6,11,13H2,1H3,(H,23,26). The van der Waals surface area contributed by atoms with Crippen molar-refractivity contribution in [2.45, 2.75) is 26.2 Å². The van der Waals surface area contributed by atoms with Gasteiger partial charge in [-0.05, 0) is 55.3 Å². The molecule has 0 unspecified atom stereocenters. The molecule has 0 aliphatic carbocycles. The smallest absolute Gasteiger partial charge is 0.230 e. The summed E-state index contributed by atoms with van der Waals surface area (Å²) in [7, 11) is 0. The van der Waals surface area contributed by atoms with Crippen molar-refractivity contribution in [3.05, 3.63) is 65.2 Å². The van der Waals surface area contributed by atoms with Crippen LogP contribution >= 0.6 is 11.3 Å². The van der Waals surface area contributed by atoms with Gasteiger partial charge in [-0.3, -0.25) is 14.5 Å². The maximum Gasteiger partial charge on any atom is 0.230 e. The van der Waals surface area contributed by atoms with Crippen LogP contribution in [0.1, 0.15) is 24.1 Å². The lowest BCUT2D eigenvalue weighted by atomic mass is 10.2. The number of nitrogens with zero attached hydrogens (tertiary/aromatic N) is 2. The van der Waals surface area contributed by atoms with Crippen molar-refractivity contribution in [2.24, 2.45) is 0 Å². The molecule has 0 radical (unpaired) electrons. The largest absolute Gasteiger partial charge is 0.457 e. The van der Waals surface area contributed by atoms with Crippen molar-refractivity contribution in [1.29, 1.82) is 0 Å². The molecule has 3 aromatic rings. The molecule has 1 N–H and O–H groups in total. The van der Waals surface area contributed by atoms with Crippen molar-refractivity contribution in [3.8, 4) is 11.5 Å². The van der Waals surface area contributed by atoms with E-state index in [1.54, 1.807) is 17.0 Å². The Morgan fingerprint density at radius 3 is 2.76 bits per heavy atom. The molecule has 4 rings (SSSR count). The number of nitrogens with one attached hydrogen (secondary N) is 1. The predicted molar refractivity (Wildman–Crippen MR) is 114 cm³/mol. The van der Waals surface area contributed by atoms with Crippen molar-refractivity contribution >= 4 is 34.0 Å². The zero-order valence-electron chi connectivity index (χ0n) is 16.1. The minimum absolute atomic E-state index is 0.100. The van der Waals surface area contributed by atoms with Crippen LogP contribution in [0.25, 0.3) is 0 Å². The predicted octanol–water partition coefficient (Wildman–Crippen LogP) is 4.55. The lowest BCUT2D eigenvalue weighted by Gasteiger charge is -2.10. The number of thiazole rings is 1. The molecule has 1 saturated heterocycles. The third-order valence-electron chi connectivity index (χ3n) is 4.55. The number of aromatic nitrogens is 1. The van der Waals surface area contributed by atoms with Gasteiger partial charge >= 0.3 is 0 Å². The van der Waals surface area contributed by atoms with Gasteiger partial charge in [0, 0.05) is 24.0 Å². The van der Waals surface area contributed by atoms with E-state index in [2.05, 4.69) is 10.3 Å².